The lowest BCUT2D eigenvalue weighted by atomic mass is 10.1. The van der Waals surface area contributed by atoms with E-state index in [2.05, 4.69) is 10.4 Å². The number of amides is 2. The van der Waals surface area contributed by atoms with Crippen molar-refractivity contribution in [1.29, 1.82) is 0 Å². The Morgan fingerprint density at radius 2 is 1.92 bits per heavy atom. The van der Waals surface area contributed by atoms with Gasteiger partial charge in [0.25, 0.3) is 0 Å². The van der Waals surface area contributed by atoms with E-state index >= 15 is 0 Å². The molecule has 25 heavy (non-hydrogen) atoms. The van der Waals surface area contributed by atoms with Crippen LogP contribution >= 0.6 is 0 Å². The highest BCUT2D eigenvalue weighted by atomic mass is 16.5. The molecule has 0 unspecified atom stereocenters. The first-order valence-corrected chi connectivity index (χ1v) is 9.31. The summed E-state index contributed by atoms with van der Waals surface area (Å²) < 4.78 is 13.3. The molecule has 2 fully saturated rings. The first-order chi connectivity index (χ1) is 12.0. The molecule has 3 atom stereocenters. The zero-order chi connectivity index (χ0) is 17.8. The zero-order valence-electron chi connectivity index (χ0n) is 15.5. The molecule has 7 heteroatoms. The molecule has 7 nitrogen and oxygen atoms in total. The quantitative estimate of drug-likeness (QED) is 0.854. The third kappa shape index (κ3) is 4.52. The van der Waals surface area contributed by atoms with E-state index in [1.165, 1.54) is 0 Å². The Kier molecular flexibility index (Phi) is 5.96. The summed E-state index contributed by atoms with van der Waals surface area (Å²) >= 11 is 0. The number of urea groups is 1. The maximum absolute atomic E-state index is 12.9. The summed E-state index contributed by atoms with van der Waals surface area (Å²) in [5.74, 6) is 0. The van der Waals surface area contributed by atoms with Gasteiger partial charge in [0.15, 0.2) is 0 Å². The Hall–Kier alpha value is -1.60. The molecule has 0 aliphatic carbocycles. The molecule has 0 aromatic carbocycles. The van der Waals surface area contributed by atoms with Crippen molar-refractivity contribution in [2.75, 3.05) is 26.3 Å². The van der Waals surface area contributed by atoms with Gasteiger partial charge < -0.3 is 19.7 Å². The van der Waals surface area contributed by atoms with Crippen molar-refractivity contribution in [1.82, 2.24) is 20.0 Å². The number of hydrogen-bond donors (Lipinski definition) is 1. The van der Waals surface area contributed by atoms with Crippen LogP contribution in [0.5, 0.6) is 0 Å². The van der Waals surface area contributed by atoms with Crippen LogP contribution in [-0.2, 0) is 16.5 Å². The molecule has 2 aliphatic rings. The second-order valence-electron chi connectivity index (χ2n) is 7.16. The van der Waals surface area contributed by atoms with Gasteiger partial charge >= 0.3 is 6.03 Å². The van der Waals surface area contributed by atoms with E-state index in [0.717, 1.165) is 50.2 Å². The molecule has 3 rings (SSSR count). The minimum absolute atomic E-state index is 0.0539. The smallest absolute Gasteiger partial charge is 0.318 e. The number of nitrogens with zero attached hydrogens (tertiary/aromatic N) is 3. The first kappa shape index (κ1) is 18.2. The lowest BCUT2D eigenvalue weighted by Crippen LogP contribution is -2.47. The summed E-state index contributed by atoms with van der Waals surface area (Å²) in [7, 11) is 1.91. The van der Waals surface area contributed by atoms with Crippen LogP contribution in [0.25, 0.3) is 0 Å². The Bertz CT molecular complexity index is 559. The van der Waals surface area contributed by atoms with Gasteiger partial charge in [0.05, 0.1) is 24.4 Å². The monoisotopic (exact) mass is 350 g/mol. The predicted molar refractivity (Wildman–Crippen MR) is 94.4 cm³/mol. The highest BCUT2D eigenvalue weighted by molar-refractivity contribution is 5.74. The lowest BCUT2D eigenvalue weighted by Gasteiger charge is -2.29. The standard InChI is InChI=1S/C18H30N4O3/c1-13(17-10-19-21(3)14(17)2)20-18(23)22(11-15-6-4-8-24-15)12-16-7-5-9-25-16/h10,13,15-16H,4-9,11-12H2,1-3H3,(H,20,23)/t13-,15+,16+/m1/s1. The number of carbonyl (C=O) groups is 1. The Labute approximate surface area is 149 Å². The second-order valence-corrected chi connectivity index (χ2v) is 7.16. The van der Waals surface area contributed by atoms with Gasteiger partial charge in [-0.3, -0.25) is 4.68 Å². The minimum atomic E-state index is -0.0855. The molecule has 2 amide bonds. The average molecular weight is 350 g/mol. The normalized spacial score (nSPS) is 24.4. The van der Waals surface area contributed by atoms with E-state index < -0.39 is 0 Å². The molecule has 2 saturated heterocycles. The Balaban J connectivity index is 1.63. The molecule has 2 aliphatic heterocycles. The number of hydrogen-bond acceptors (Lipinski definition) is 4. The van der Waals surface area contributed by atoms with E-state index in [1.54, 1.807) is 0 Å². The van der Waals surface area contributed by atoms with Crippen LogP contribution in [0.1, 0.15) is 49.9 Å². The fraction of sp³-hybridized carbons (Fsp3) is 0.778. The first-order valence-electron chi connectivity index (χ1n) is 9.31. The molecular weight excluding hydrogens is 320 g/mol. The number of ether oxygens (including phenoxy) is 2. The molecule has 1 aromatic heterocycles. The second kappa shape index (κ2) is 8.19. The molecule has 3 heterocycles. The van der Waals surface area contributed by atoms with Gasteiger partial charge in [0.1, 0.15) is 0 Å². The fourth-order valence-corrected chi connectivity index (χ4v) is 3.60. The molecule has 0 spiro atoms. The Morgan fingerprint density at radius 3 is 2.36 bits per heavy atom. The summed E-state index contributed by atoms with van der Waals surface area (Å²) in [6.45, 7) is 6.87. The van der Waals surface area contributed by atoms with Gasteiger partial charge in [-0.25, -0.2) is 4.79 Å². The molecule has 1 aromatic rings. The maximum atomic E-state index is 12.9. The van der Waals surface area contributed by atoms with Crippen molar-refractivity contribution >= 4 is 6.03 Å². The van der Waals surface area contributed by atoms with Crippen molar-refractivity contribution in [2.24, 2.45) is 7.05 Å². The largest absolute Gasteiger partial charge is 0.376 e. The molecule has 1 N–H and O–H groups in total. The van der Waals surface area contributed by atoms with Crippen LogP contribution in [-0.4, -0.2) is 59.2 Å². The van der Waals surface area contributed by atoms with Crippen molar-refractivity contribution in [3.8, 4) is 0 Å². The van der Waals surface area contributed by atoms with Crippen LogP contribution in [0.2, 0.25) is 0 Å². The summed E-state index contributed by atoms with van der Waals surface area (Å²) in [5, 5.41) is 7.39. The zero-order valence-corrected chi connectivity index (χ0v) is 15.5. The summed E-state index contributed by atoms with van der Waals surface area (Å²) in [6.07, 6.45) is 6.30. The van der Waals surface area contributed by atoms with Crippen molar-refractivity contribution in [2.45, 2.75) is 57.8 Å². The number of aromatic nitrogens is 2. The van der Waals surface area contributed by atoms with Crippen molar-refractivity contribution in [3.63, 3.8) is 0 Å². The third-order valence-corrected chi connectivity index (χ3v) is 5.26. The van der Waals surface area contributed by atoms with Crippen LogP contribution in [0.3, 0.4) is 0 Å². The number of aryl methyl sites for hydroxylation is 1. The Morgan fingerprint density at radius 1 is 1.32 bits per heavy atom. The van der Waals surface area contributed by atoms with Gasteiger partial charge in [-0.05, 0) is 39.5 Å². The maximum Gasteiger partial charge on any atom is 0.318 e. The fourth-order valence-electron chi connectivity index (χ4n) is 3.60. The molecule has 140 valence electrons. The third-order valence-electron chi connectivity index (χ3n) is 5.26. The van der Waals surface area contributed by atoms with E-state index in [4.69, 9.17) is 9.47 Å². The van der Waals surface area contributed by atoms with E-state index in [0.29, 0.717) is 13.1 Å². The lowest BCUT2D eigenvalue weighted by molar-refractivity contribution is 0.0494. The SMILES string of the molecule is Cc1c([C@@H](C)NC(=O)N(C[C@@H]2CCCO2)C[C@@H]2CCCO2)cnn1C. The van der Waals surface area contributed by atoms with Crippen molar-refractivity contribution < 1.29 is 14.3 Å². The van der Waals surface area contributed by atoms with Gasteiger partial charge in [-0.15, -0.1) is 0 Å². The molecule has 0 radical (unpaired) electrons. The molecule has 0 bridgehead atoms. The summed E-state index contributed by atoms with van der Waals surface area (Å²) in [4.78, 5) is 14.8. The molecular formula is C18H30N4O3. The van der Waals surface area contributed by atoms with Gasteiger partial charge in [0, 0.05) is 44.6 Å². The minimum Gasteiger partial charge on any atom is -0.376 e. The van der Waals surface area contributed by atoms with Crippen LogP contribution in [0, 0.1) is 6.92 Å². The van der Waals surface area contributed by atoms with Crippen LogP contribution in [0.4, 0.5) is 4.79 Å². The van der Waals surface area contributed by atoms with Crippen LogP contribution in [0.15, 0.2) is 6.20 Å². The number of carbonyl (C=O) groups excluding carboxylic acids is 1. The summed E-state index contributed by atoms with van der Waals surface area (Å²) in [6, 6.07) is -0.139. The predicted octanol–water partition coefficient (Wildman–Crippen LogP) is 2.16. The van der Waals surface area contributed by atoms with Gasteiger partial charge in [-0.1, -0.05) is 0 Å². The van der Waals surface area contributed by atoms with E-state index in [-0.39, 0.29) is 24.3 Å². The average Bonchev–Trinajstić information content (AvgIpc) is 3.32. The summed E-state index contributed by atoms with van der Waals surface area (Å²) in [5.41, 5.74) is 2.11. The van der Waals surface area contributed by atoms with Gasteiger partial charge in [-0.2, -0.15) is 5.10 Å². The highest BCUT2D eigenvalue weighted by Crippen LogP contribution is 2.19. The topological polar surface area (TPSA) is 68.6 Å². The number of rotatable bonds is 6. The molecule has 0 saturated carbocycles. The highest BCUT2D eigenvalue weighted by Gasteiger charge is 2.28. The van der Waals surface area contributed by atoms with Crippen molar-refractivity contribution in [3.05, 3.63) is 17.5 Å². The van der Waals surface area contributed by atoms with Crippen LogP contribution < -0.4 is 5.32 Å². The number of nitrogens with one attached hydrogen (secondary N) is 1. The van der Waals surface area contributed by atoms with Gasteiger partial charge in [0.2, 0.25) is 0 Å². The van der Waals surface area contributed by atoms with E-state index in [9.17, 15) is 4.79 Å². The van der Waals surface area contributed by atoms with E-state index in [1.807, 2.05) is 36.7 Å².